The summed E-state index contributed by atoms with van der Waals surface area (Å²) in [4.78, 5) is 0. The minimum absolute atomic E-state index is 0.520. The number of nitrogens with one attached hydrogen (secondary N) is 2. The van der Waals surface area contributed by atoms with Gasteiger partial charge in [-0.2, -0.15) is 0 Å². The number of hydrogen-bond donors (Lipinski definition) is 2. The van der Waals surface area contributed by atoms with Gasteiger partial charge in [-0.05, 0) is 63.1 Å². The molecule has 4 heteroatoms. The molecular formula is C23H32ClN3. The van der Waals surface area contributed by atoms with Gasteiger partial charge in [0, 0.05) is 30.1 Å². The van der Waals surface area contributed by atoms with Crippen LogP contribution in [0, 0.1) is 5.92 Å². The number of halogens is 1. The lowest BCUT2D eigenvalue weighted by atomic mass is 9.92. The monoisotopic (exact) mass is 385 g/mol. The van der Waals surface area contributed by atoms with E-state index in [2.05, 4.69) is 58.8 Å². The fourth-order valence-corrected chi connectivity index (χ4v) is 3.62. The van der Waals surface area contributed by atoms with E-state index in [1.54, 1.807) is 0 Å². The van der Waals surface area contributed by atoms with Crippen LogP contribution in [0.25, 0.3) is 0 Å². The molecule has 0 amide bonds. The summed E-state index contributed by atoms with van der Waals surface area (Å²) < 4.78 is 0. The van der Waals surface area contributed by atoms with Gasteiger partial charge in [-0.1, -0.05) is 54.6 Å². The summed E-state index contributed by atoms with van der Waals surface area (Å²) in [7, 11) is 1.97. The minimum Gasteiger partial charge on any atom is -0.317 e. The van der Waals surface area contributed by atoms with Gasteiger partial charge in [-0.15, -0.1) is 0 Å². The molecule has 0 unspecified atom stereocenters. The van der Waals surface area contributed by atoms with E-state index in [1.165, 1.54) is 11.3 Å². The number of hydrazine groups is 1. The summed E-state index contributed by atoms with van der Waals surface area (Å²) in [5.41, 5.74) is 7.06. The lowest BCUT2D eigenvalue weighted by Crippen LogP contribution is -2.39. The second-order valence-electron chi connectivity index (χ2n) is 6.71. The zero-order valence-corrected chi connectivity index (χ0v) is 17.3. The topological polar surface area (TPSA) is 27.3 Å². The third kappa shape index (κ3) is 6.69. The van der Waals surface area contributed by atoms with E-state index in [0.29, 0.717) is 5.92 Å². The fourth-order valence-electron chi connectivity index (χ4n) is 3.46. The standard InChI is InChI=1S/C23H32ClN3/c1-4-7-22(8-5-2)27(25-3)23(20-15-17-26-18-16-20)14-12-19-9-6-10-21(24)13-11-19/h4-9,11,13-14,20,25-26H,1,10,12,15-18H2,2-3H3/b8-5-,22-7+,23-14-. The van der Waals surface area contributed by atoms with Crippen molar-refractivity contribution in [2.45, 2.75) is 32.6 Å². The first kappa shape index (κ1) is 21.5. The number of piperidine rings is 1. The highest BCUT2D eigenvalue weighted by atomic mass is 35.5. The number of nitrogens with zero attached hydrogens (tertiary/aromatic N) is 1. The molecule has 2 aliphatic rings. The van der Waals surface area contributed by atoms with Gasteiger partial charge in [0.2, 0.25) is 0 Å². The molecule has 146 valence electrons. The zero-order valence-electron chi connectivity index (χ0n) is 16.5. The predicted octanol–water partition coefficient (Wildman–Crippen LogP) is 5.35. The first-order valence-corrected chi connectivity index (χ1v) is 10.1. The van der Waals surface area contributed by atoms with Crippen LogP contribution in [0.4, 0.5) is 0 Å². The van der Waals surface area contributed by atoms with Crippen LogP contribution < -0.4 is 10.7 Å². The van der Waals surface area contributed by atoms with Crippen molar-refractivity contribution < 1.29 is 0 Å². The van der Waals surface area contributed by atoms with Gasteiger partial charge in [0.1, 0.15) is 0 Å². The Balaban J connectivity index is 2.34. The molecule has 0 aromatic rings. The summed E-state index contributed by atoms with van der Waals surface area (Å²) in [6.07, 6.45) is 22.8. The van der Waals surface area contributed by atoms with E-state index in [4.69, 9.17) is 11.6 Å². The Morgan fingerprint density at radius 1 is 1.37 bits per heavy atom. The van der Waals surface area contributed by atoms with Crippen molar-refractivity contribution in [3.05, 3.63) is 83.3 Å². The molecule has 2 rings (SSSR count). The van der Waals surface area contributed by atoms with Gasteiger partial charge in [0.05, 0.1) is 5.70 Å². The first-order valence-electron chi connectivity index (χ1n) is 9.75. The Bertz CT molecular complexity index is 674. The Morgan fingerprint density at radius 3 is 2.81 bits per heavy atom. The van der Waals surface area contributed by atoms with Gasteiger partial charge in [0.25, 0.3) is 0 Å². The molecule has 2 N–H and O–H groups in total. The van der Waals surface area contributed by atoms with Gasteiger partial charge >= 0.3 is 0 Å². The van der Waals surface area contributed by atoms with Crippen LogP contribution in [0.5, 0.6) is 0 Å². The third-order valence-electron chi connectivity index (χ3n) is 4.79. The maximum absolute atomic E-state index is 6.16. The van der Waals surface area contributed by atoms with Crippen molar-refractivity contribution in [3.8, 4) is 0 Å². The molecule has 1 heterocycles. The van der Waals surface area contributed by atoms with Crippen molar-refractivity contribution in [3.63, 3.8) is 0 Å². The number of rotatable bonds is 8. The first-order chi connectivity index (χ1) is 13.2. The van der Waals surface area contributed by atoms with E-state index in [1.807, 2.05) is 32.2 Å². The second-order valence-corrected chi connectivity index (χ2v) is 7.19. The van der Waals surface area contributed by atoms with Crippen LogP contribution in [0.3, 0.4) is 0 Å². The molecule has 1 aliphatic carbocycles. The van der Waals surface area contributed by atoms with Crippen molar-refractivity contribution in [1.82, 2.24) is 15.8 Å². The molecule has 0 aromatic heterocycles. The smallest absolute Gasteiger partial charge is 0.0570 e. The van der Waals surface area contributed by atoms with Gasteiger partial charge in [-0.3, -0.25) is 5.01 Å². The summed E-state index contributed by atoms with van der Waals surface area (Å²) in [6, 6.07) is 0. The van der Waals surface area contributed by atoms with Gasteiger partial charge in [0.15, 0.2) is 0 Å². The fraction of sp³-hybridized carbons (Fsp3) is 0.391. The highest BCUT2D eigenvalue weighted by Gasteiger charge is 2.23. The molecule has 1 aliphatic heterocycles. The van der Waals surface area contributed by atoms with Crippen LogP contribution in [-0.2, 0) is 0 Å². The van der Waals surface area contributed by atoms with Crippen LogP contribution in [0.15, 0.2) is 83.3 Å². The third-order valence-corrected chi connectivity index (χ3v) is 5.07. The Morgan fingerprint density at radius 2 is 2.15 bits per heavy atom. The zero-order chi connectivity index (χ0) is 19.5. The number of allylic oxidation sites excluding steroid dienone is 12. The molecule has 0 saturated carbocycles. The largest absolute Gasteiger partial charge is 0.317 e. The van der Waals surface area contributed by atoms with Gasteiger partial charge in [-0.25, -0.2) is 5.43 Å². The molecule has 3 nitrogen and oxygen atoms in total. The highest BCUT2D eigenvalue weighted by Crippen LogP contribution is 2.28. The van der Waals surface area contributed by atoms with E-state index < -0.39 is 0 Å². The van der Waals surface area contributed by atoms with Crippen LogP contribution in [0.2, 0.25) is 0 Å². The second kappa shape index (κ2) is 11.8. The normalized spacial score (nSPS) is 19.7. The van der Waals surface area contributed by atoms with E-state index in [9.17, 15) is 0 Å². The molecule has 1 saturated heterocycles. The molecule has 0 bridgehead atoms. The van der Waals surface area contributed by atoms with E-state index >= 15 is 0 Å². The molecule has 0 atom stereocenters. The maximum atomic E-state index is 6.16. The molecular weight excluding hydrogens is 354 g/mol. The summed E-state index contributed by atoms with van der Waals surface area (Å²) in [6.45, 7) is 8.03. The van der Waals surface area contributed by atoms with Crippen LogP contribution in [0.1, 0.15) is 32.6 Å². The average Bonchev–Trinajstić information content (AvgIpc) is 2.90. The molecule has 0 radical (unpaired) electrons. The molecule has 27 heavy (non-hydrogen) atoms. The molecule has 1 fully saturated rings. The SMILES string of the molecule is C=C/C=C(\C=C/C)N(NC)/C(=C\CC1=CC=C(Cl)CC=C1)C1CCNCC1. The van der Waals surface area contributed by atoms with Crippen LogP contribution >= 0.6 is 11.6 Å². The Hall–Kier alpha value is -1.81. The van der Waals surface area contributed by atoms with Gasteiger partial charge < -0.3 is 5.32 Å². The lowest BCUT2D eigenvalue weighted by molar-refractivity contribution is 0.275. The number of hydrogen-bond acceptors (Lipinski definition) is 3. The van der Waals surface area contributed by atoms with Crippen molar-refractivity contribution in [2.24, 2.45) is 5.92 Å². The van der Waals surface area contributed by atoms with Crippen molar-refractivity contribution >= 4 is 11.6 Å². The quantitative estimate of drug-likeness (QED) is 0.435. The lowest BCUT2D eigenvalue weighted by Gasteiger charge is -2.34. The summed E-state index contributed by atoms with van der Waals surface area (Å²) in [5, 5.41) is 6.54. The highest BCUT2D eigenvalue weighted by molar-refractivity contribution is 6.29. The summed E-state index contributed by atoms with van der Waals surface area (Å²) in [5.74, 6) is 0.520. The summed E-state index contributed by atoms with van der Waals surface area (Å²) >= 11 is 6.16. The van der Waals surface area contributed by atoms with Crippen molar-refractivity contribution in [2.75, 3.05) is 20.1 Å². The van der Waals surface area contributed by atoms with Crippen LogP contribution in [-0.4, -0.2) is 25.1 Å². The van der Waals surface area contributed by atoms with E-state index in [-0.39, 0.29) is 0 Å². The van der Waals surface area contributed by atoms with E-state index in [0.717, 1.165) is 49.5 Å². The average molecular weight is 386 g/mol. The maximum Gasteiger partial charge on any atom is 0.0570 e. The predicted molar refractivity (Wildman–Crippen MR) is 118 cm³/mol. The Labute approximate surface area is 169 Å². The molecule has 0 aromatic carbocycles. The van der Waals surface area contributed by atoms with Crippen molar-refractivity contribution in [1.29, 1.82) is 0 Å². The Kier molecular flexibility index (Phi) is 9.40. The minimum atomic E-state index is 0.520. The molecule has 0 spiro atoms.